The van der Waals surface area contributed by atoms with Crippen LogP contribution in [0.25, 0.3) is 0 Å². The molecule has 1 heterocycles. The average molecular weight is 308 g/mol. The molecular weight excluding hydrogens is 281 g/mol. The lowest BCUT2D eigenvalue weighted by Gasteiger charge is -2.32. The molecule has 0 radical (unpaired) electrons. The molecule has 0 spiro atoms. The van der Waals surface area contributed by atoms with Crippen molar-refractivity contribution in [1.82, 2.24) is 15.5 Å². The van der Waals surface area contributed by atoms with Crippen LogP contribution in [0.3, 0.4) is 0 Å². The van der Waals surface area contributed by atoms with Crippen molar-refractivity contribution in [2.45, 2.75) is 51.7 Å². The van der Waals surface area contributed by atoms with Crippen LogP contribution in [0.1, 0.15) is 39.5 Å². The van der Waals surface area contributed by atoms with Gasteiger partial charge >= 0.3 is 6.18 Å². The van der Waals surface area contributed by atoms with Gasteiger partial charge in [0.25, 0.3) is 0 Å². The Bertz CT molecular complexity index is 310. The summed E-state index contributed by atoms with van der Waals surface area (Å²) in [4.78, 5) is 6.43. The quantitative estimate of drug-likeness (QED) is 0.584. The summed E-state index contributed by atoms with van der Waals surface area (Å²) in [5.74, 6) is 0.496. The van der Waals surface area contributed by atoms with Gasteiger partial charge in [0, 0.05) is 25.7 Å². The molecule has 0 saturated carbocycles. The number of hydrogen-bond acceptors (Lipinski definition) is 2. The summed E-state index contributed by atoms with van der Waals surface area (Å²) in [5, 5.41) is 6.26. The third-order valence-corrected chi connectivity index (χ3v) is 3.48. The zero-order valence-electron chi connectivity index (χ0n) is 13.0. The van der Waals surface area contributed by atoms with Crippen molar-refractivity contribution >= 4 is 5.96 Å². The normalized spacial score (nSPS) is 18.8. The molecule has 0 aliphatic carbocycles. The van der Waals surface area contributed by atoms with Crippen molar-refractivity contribution in [2.24, 2.45) is 4.99 Å². The van der Waals surface area contributed by atoms with Gasteiger partial charge in [-0.1, -0.05) is 6.92 Å². The molecule has 0 aromatic carbocycles. The second-order valence-electron chi connectivity index (χ2n) is 5.39. The molecular formula is C14H27F3N4. The summed E-state index contributed by atoms with van der Waals surface area (Å²) >= 11 is 0. The van der Waals surface area contributed by atoms with Gasteiger partial charge in [0.2, 0.25) is 0 Å². The fourth-order valence-electron chi connectivity index (χ4n) is 2.42. The summed E-state index contributed by atoms with van der Waals surface area (Å²) in [6, 6.07) is 0.293. The minimum absolute atomic E-state index is 0.229. The summed E-state index contributed by atoms with van der Waals surface area (Å²) in [6.45, 7) is 7.68. The number of aliphatic imine (C=N–C) groups is 1. The van der Waals surface area contributed by atoms with E-state index < -0.39 is 12.6 Å². The number of likely N-dealkylation sites (tertiary alicyclic amines) is 1. The summed E-state index contributed by atoms with van der Waals surface area (Å²) < 4.78 is 36.5. The standard InChI is InChI=1S/C14H27F3N4/c1-3-9-21-10-5-12(6-11-21)20-13(18-4-2)19-8-7-14(15,16)17/h12H,3-11H2,1-2H3,(H2,18,19,20). The summed E-state index contributed by atoms with van der Waals surface area (Å²) in [7, 11) is 0. The molecule has 2 N–H and O–H groups in total. The topological polar surface area (TPSA) is 39.7 Å². The minimum atomic E-state index is -4.15. The van der Waals surface area contributed by atoms with Crippen LogP contribution in [-0.4, -0.2) is 55.8 Å². The molecule has 0 amide bonds. The first-order valence-electron chi connectivity index (χ1n) is 7.78. The lowest BCUT2D eigenvalue weighted by Crippen LogP contribution is -2.48. The summed E-state index contributed by atoms with van der Waals surface area (Å²) in [5.41, 5.74) is 0. The van der Waals surface area contributed by atoms with Crippen molar-refractivity contribution in [3.63, 3.8) is 0 Å². The van der Waals surface area contributed by atoms with Crippen molar-refractivity contribution in [2.75, 3.05) is 32.7 Å². The minimum Gasteiger partial charge on any atom is -0.357 e. The van der Waals surface area contributed by atoms with Crippen LogP contribution >= 0.6 is 0 Å². The number of piperidine rings is 1. The van der Waals surface area contributed by atoms with Gasteiger partial charge in [-0.2, -0.15) is 13.2 Å². The van der Waals surface area contributed by atoms with E-state index in [-0.39, 0.29) is 6.54 Å². The van der Waals surface area contributed by atoms with Crippen LogP contribution in [0, 0.1) is 0 Å². The maximum absolute atomic E-state index is 12.2. The lowest BCUT2D eigenvalue weighted by atomic mass is 10.1. The molecule has 0 aromatic heterocycles. The lowest BCUT2D eigenvalue weighted by molar-refractivity contribution is -0.132. The van der Waals surface area contributed by atoms with Crippen molar-refractivity contribution in [1.29, 1.82) is 0 Å². The Morgan fingerprint density at radius 3 is 2.43 bits per heavy atom. The van der Waals surface area contributed by atoms with Gasteiger partial charge < -0.3 is 15.5 Å². The third-order valence-electron chi connectivity index (χ3n) is 3.48. The average Bonchev–Trinajstić information content (AvgIpc) is 2.40. The molecule has 1 saturated heterocycles. The zero-order chi connectivity index (χ0) is 15.7. The molecule has 0 unspecified atom stereocenters. The molecule has 1 fully saturated rings. The number of nitrogens with one attached hydrogen (secondary N) is 2. The fourth-order valence-corrected chi connectivity index (χ4v) is 2.42. The number of alkyl halides is 3. The van der Waals surface area contributed by atoms with Crippen LogP contribution < -0.4 is 10.6 Å². The Balaban J connectivity index is 2.38. The molecule has 0 aromatic rings. The van der Waals surface area contributed by atoms with Gasteiger partial charge in [0.1, 0.15) is 0 Å². The largest absolute Gasteiger partial charge is 0.390 e. The molecule has 1 rings (SSSR count). The van der Waals surface area contributed by atoms with Crippen molar-refractivity contribution < 1.29 is 13.2 Å². The highest BCUT2D eigenvalue weighted by molar-refractivity contribution is 5.80. The summed E-state index contributed by atoms with van der Waals surface area (Å²) in [6.07, 6.45) is -1.86. The van der Waals surface area contributed by atoms with Crippen LogP contribution in [0.4, 0.5) is 13.2 Å². The predicted octanol–water partition coefficient (Wildman–Crippen LogP) is 2.37. The molecule has 0 bridgehead atoms. The molecule has 1 aliphatic heterocycles. The van der Waals surface area contributed by atoms with Gasteiger partial charge in [0.05, 0.1) is 13.0 Å². The number of rotatable bonds is 6. The van der Waals surface area contributed by atoms with E-state index in [9.17, 15) is 13.2 Å². The monoisotopic (exact) mass is 308 g/mol. The predicted molar refractivity (Wildman–Crippen MR) is 79.5 cm³/mol. The first-order chi connectivity index (χ1) is 9.94. The van der Waals surface area contributed by atoms with E-state index >= 15 is 0 Å². The third kappa shape index (κ3) is 8.14. The van der Waals surface area contributed by atoms with Crippen LogP contribution in [0.2, 0.25) is 0 Å². The van der Waals surface area contributed by atoms with Crippen LogP contribution in [0.15, 0.2) is 4.99 Å². The Morgan fingerprint density at radius 2 is 1.90 bits per heavy atom. The number of nitrogens with zero attached hydrogens (tertiary/aromatic N) is 2. The van der Waals surface area contributed by atoms with E-state index in [2.05, 4.69) is 27.4 Å². The van der Waals surface area contributed by atoms with Gasteiger partial charge in [-0.25, -0.2) is 0 Å². The Hall–Kier alpha value is -0.980. The highest BCUT2D eigenvalue weighted by Gasteiger charge is 2.26. The van der Waals surface area contributed by atoms with Gasteiger partial charge in [-0.15, -0.1) is 0 Å². The van der Waals surface area contributed by atoms with E-state index in [4.69, 9.17) is 0 Å². The molecule has 4 nitrogen and oxygen atoms in total. The first-order valence-corrected chi connectivity index (χ1v) is 7.78. The first kappa shape index (κ1) is 18.1. The zero-order valence-corrected chi connectivity index (χ0v) is 13.0. The Labute approximate surface area is 125 Å². The van der Waals surface area contributed by atoms with E-state index in [0.29, 0.717) is 18.5 Å². The second kappa shape index (κ2) is 9.12. The Morgan fingerprint density at radius 1 is 1.24 bits per heavy atom. The van der Waals surface area contributed by atoms with E-state index in [1.807, 2.05) is 6.92 Å². The molecule has 1 aliphatic rings. The number of hydrogen-bond donors (Lipinski definition) is 2. The molecule has 21 heavy (non-hydrogen) atoms. The highest BCUT2D eigenvalue weighted by atomic mass is 19.4. The van der Waals surface area contributed by atoms with E-state index in [0.717, 1.165) is 38.9 Å². The number of halogens is 3. The van der Waals surface area contributed by atoms with Crippen LogP contribution in [0.5, 0.6) is 0 Å². The maximum Gasteiger partial charge on any atom is 0.390 e. The fraction of sp³-hybridized carbons (Fsp3) is 0.929. The Kier molecular flexibility index (Phi) is 7.85. The molecule has 0 atom stereocenters. The van der Waals surface area contributed by atoms with Crippen LogP contribution in [-0.2, 0) is 0 Å². The van der Waals surface area contributed by atoms with Crippen molar-refractivity contribution in [3.05, 3.63) is 0 Å². The van der Waals surface area contributed by atoms with Crippen molar-refractivity contribution in [3.8, 4) is 0 Å². The second-order valence-corrected chi connectivity index (χ2v) is 5.39. The van der Waals surface area contributed by atoms with Gasteiger partial charge in [-0.3, -0.25) is 4.99 Å². The highest BCUT2D eigenvalue weighted by Crippen LogP contribution is 2.19. The number of guanidine groups is 1. The molecule has 124 valence electrons. The van der Waals surface area contributed by atoms with E-state index in [1.54, 1.807) is 0 Å². The SMILES string of the molecule is CCCN1CCC(NC(=NCCC(F)(F)F)NCC)CC1. The smallest absolute Gasteiger partial charge is 0.357 e. The molecule has 7 heteroatoms. The van der Waals surface area contributed by atoms with E-state index in [1.165, 1.54) is 0 Å². The maximum atomic E-state index is 12.2. The van der Waals surface area contributed by atoms with Gasteiger partial charge in [0.15, 0.2) is 5.96 Å². The van der Waals surface area contributed by atoms with Gasteiger partial charge in [-0.05, 0) is 32.7 Å².